The SMILES string of the molecule is Nc1ccc2[nH]cc(Br)c2c1C(F)(F)F. The lowest BCUT2D eigenvalue weighted by Gasteiger charge is -2.11. The Bertz CT molecular complexity index is 516. The van der Waals surface area contributed by atoms with Gasteiger partial charge in [0.15, 0.2) is 0 Å². The molecule has 0 atom stereocenters. The van der Waals surface area contributed by atoms with Gasteiger partial charge in [-0.2, -0.15) is 13.2 Å². The molecule has 0 saturated heterocycles. The molecule has 0 unspecified atom stereocenters. The van der Waals surface area contributed by atoms with E-state index in [-0.39, 0.29) is 11.1 Å². The highest BCUT2D eigenvalue weighted by molar-refractivity contribution is 9.10. The topological polar surface area (TPSA) is 41.8 Å². The van der Waals surface area contributed by atoms with Crippen molar-refractivity contribution < 1.29 is 13.2 Å². The highest BCUT2D eigenvalue weighted by Gasteiger charge is 2.36. The van der Waals surface area contributed by atoms with E-state index in [4.69, 9.17) is 5.73 Å². The Morgan fingerprint density at radius 3 is 2.53 bits per heavy atom. The van der Waals surface area contributed by atoms with Crippen molar-refractivity contribution in [2.45, 2.75) is 6.18 Å². The molecule has 0 spiro atoms. The molecule has 0 aliphatic rings. The van der Waals surface area contributed by atoms with E-state index < -0.39 is 11.7 Å². The van der Waals surface area contributed by atoms with Gasteiger partial charge in [0.2, 0.25) is 0 Å². The molecule has 2 aromatic rings. The lowest BCUT2D eigenvalue weighted by molar-refractivity contribution is -0.135. The average molecular weight is 279 g/mol. The highest BCUT2D eigenvalue weighted by atomic mass is 79.9. The van der Waals surface area contributed by atoms with Crippen LogP contribution in [0.3, 0.4) is 0 Å². The van der Waals surface area contributed by atoms with Crippen LogP contribution in [0.2, 0.25) is 0 Å². The highest BCUT2D eigenvalue weighted by Crippen LogP contribution is 2.41. The molecule has 1 aromatic heterocycles. The van der Waals surface area contributed by atoms with E-state index in [9.17, 15) is 13.2 Å². The lowest BCUT2D eigenvalue weighted by Crippen LogP contribution is -2.09. The van der Waals surface area contributed by atoms with Crippen molar-refractivity contribution in [1.82, 2.24) is 4.98 Å². The standard InChI is InChI=1S/C9H6BrF3N2/c10-4-3-15-6-2-1-5(14)8(7(4)6)9(11,12)13/h1-3,15H,14H2. The molecular weight excluding hydrogens is 273 g/mol. The summed E-state index contributed by atoms with van der Waals surface area (Å²) in [6.07, 6.45) is -2.99. The molecule has 80 valence electrons. The zero-order valence-corrected chi connectivity index (χ0v) is 8.91. The van der Waals surface area contributed by atoms with Crippen LogP contribution in [0.15, 0.2) is 22.8 Å². The average Bonchev–Trinajstić information content (AvgIpc) is 2.46. The second-order valence-corrected chi connectivity index (χ2v) is 3.94. The van der Waals surface area contributed by atoms with Crippen LogP contribution in [0.5, 0.6) is 0 Å². The molecular formula is C9H6BrF3N2. The van der Waals surface area contributed by atoms with Crippen molar-refractivity contribution in [2.24, 2.45) is 0 Å². The molecule has 0 amide bonds. The van der Waals surface area contributed by atoms with Crippen molar-refractivity contribution in [2.75, 3.05) is 5.73 Å². The Morgan fingerprint density at radius 2 is 1.93 bits per heavy atom. The maximum absolute atomic E-state index is 12.7. The third-order valence-corrected chi connectivity index (χ3v) is 2.74. The molecule has 0 bridgehead atoms. The molecule has 0 aliphatic heterocycles. The fraction of sp³-hybridized carbons (Fsp3) is 0.111. The molecule has 6 heteroatoms. The Hall–Kier alpha value is -1.17. The van der Waals surface area contributed by atoms with Gasteiger partial charge in [-0.15, -0.1) is 0 Å². The van der Waals surface area contributed by atoms with Gasteiger partial charge in [-0.3, -0.25) is 0 Å². The number of aromatic amines is 1. The number of anilines is 1. The van der Waals surface area contributed by atoms with Gasteiger partial charge >= 0.3 is 6.18 Å². The number of aromatic nitrogens is 1. The number of rotatable bonds is 0. The summed E-state index contributed by atoms with van der Waals surface area (Å²) in [6.45, 7) is 0. The number of fused-ring (bicyclic) bond motifs is 1. The van der Waals surface area contributed by atoms with Crippen LogP contribution < -0.4 is 5.73 Å². The second-order valence-electron chi connectivity index (χ2n) is 3.09. The first-order chi connectivity index (χ1) is 6.91. The molecule has 1 aromatic carbocycles. The zero-order valence-electron chi connectivity index (χ0n) is 7.32. The summed E-state index contributed by atoms with van der Waals surface area (Å²) in [5.41, 5.74) is 4.69. The summed E-state index contributed by atoms with van der Waals surface area (Å²) in [5, 5.41) is 0.0718. The van der Waals surface area contributed by atoms with Crippen LogP contribution in [-0.2, 0) is 6.18 Å². The van der Waals surface area contributed by atoms with Crippen molar-refractivity contribution in [3.8, 4) is 0 Å². The minimum atomic E-state index is -4.45. The van der Waals surface area contributed by atoms with E-state index >= 15 is 0 Å². The van der Waals surface area contributed by atoms with E-state index in [2.05, 4.69) is 20.9 Å². The maximum Gasteiger partial charge on any atom is 0.419 e. The predicted octanol–water partition coefficient (Wildman–Crippen LogP) is 3.53. The molecule has 3 N–H and O–H groups in total. The van der Waals surface area contributed by atoms with E-state index in [1.54, 1.807) is 0 Å². The van der Waals surface area contributed by atoms with Crippen molar-refractivity contribution in [3.63, 3.8) is 0 Å². The summed E-state index contributed by atoms with van der Waals surface area (Å²) < 4.78 is 38.5. The summed E-state index contributed by atoms with van der Waals surface area (Å²) in [4.78, 5) is 2.73. The van der Waals surface area contributed by atoms with Crippen LogP contribution in [-0.4, -0.2) is 4.98 Å². The van der Waals surface area contributed by atoms with Gasteiger partial charge in [-0.05, 0) is 28.1 Å². The number of alkyl halides is 3. The Labute approximate surface area is 91.4 Å². The smallest absolute Gasteiger partial charge is 0.398 e. The molecule has 2 rings (SSSR count). The fourth-order valence-electron chi connectivity index (χ4n) is 1.51. The molecule has 0 saturated carbocycles. The zero-order chi connectivity index (χ0) is 11.2. The van der Waals surface area contributed by atoms with Crippen LogP contribution in [0, 0.1) is 0 Å². The van der Waals surface area contributed by atoms with Crippen molar-refractivity contribution in [1.29, 1.82) is 0 Å². The quantitative estimate of drug-likeness (QED) is 0.712. The van der Waals surface area contributed by atoms with Gasteiger partial charge in [0.1, 0.15) is 0 Å². The van der Waals surface area contributed by atoms with Crippen molar-refractivity contribution in [3.05, 3.63) is 28.4 Å². The third kappa shape index (κ3) is 1.58. The molecule has 1 heterocycles. The summed E-state index contributed by atoms with van der Waals surface area (Å²) >= 11 is 3.06. The number of hydrogen-bond donors (Lipinski definition) is 2. The molecule has 0 radical (unpaired) electrons. The molecule has 0 fully saturated rings. The number of halogens is 4. The first-order valence-corrected chi connectivity index (χ1v) is 4.83. The van der Waals surface area contributed by atoms with E-state index in [0.717, 1.165) is 0 Å². The minimum absolute atomic E-state index is 0.0718. The first-order valence-electron chi connectivity index (χ1n) is 4.03. The Kier molecular flexibility index (Phi) is 2.18. The molecule has 15 heavy (non-hydrogen) atoms. The van der Waals surface area contributed by atoms with Gasteiger partial charge < -0.3 is 10.7 Å². The maximum atomic E-state index is 12.7. The Balaban J connectivity index is 2.90. The van der Waals surface area contributed by atoms with Gasteiger partial charge in [0.05, 0.1) is 5.56 Å². The largest absolute Gasteiger partial charge is 0.419 e. The summed E-state index contributed by atoms with van der Waals surface area (Å²) in [7, 11) is 0. The number of nitrogens with two attached hydrogens (primary N) is 1. The summed E-state index contributed by atoms with van der Waals surface area (Å²) in [5.74, 6) is 0. The third-order valence-electron chi connectivity index (χ3n) is 2.11. The van der Waals surface area contributed by atoms with Gasteiger partial charge in [0, 0.05) is 27.3 Å². The number of hydrogen-bond acceptors (Lipinski definition) is 1. The monoisotopic (exact) mass is 278 g/mol. The second kappa shape index (κ2) is 3.16. The first kappa shape index (κ1) is 10.4. The number of nitrogens with one attached hydrogen (secondary N) is 1. The van der Waals surface area contributed by atoms with Gasteiger partial charge in [-0.25, -0.2) is 0 Å². The van der Waals surface area contributed by atoms with E-state index in [0.29, 0.717) is 9.99 Å². The number of benzene rings is 1. The fourth-order valence-corrected chi connectivity index (χ4v) is 2.03. The number of H-pyrrole nitrogens is 1. The van der Waals surface area contributed by atoms with E-state index in [1.165, 1.54) is 18.3 Å². The Morgan fingerprint density at radius 1 is 1.27 bits per heavy atom. The van der Waals surface area contributed by atoms with Crippen LogP contribution >= 0.6 is 15.9 Å². The van der Waals surface area contributed by atoms with Crippen LogP contribution in [0.4, 0.5) is 18.9 Å². The normalized spacial score (nSPS) is 12.3. The predicted molar refractivity (Wildman–Crippen MR) is 55.4 cm³/mol. The van der Waals surface area contributed by atoms with Crippen LogP contribution in [0.1, 0.15) is 5.56 Å². The lowest BCUT2D eigenvalue weighted by atomic mass is 10.1. The van der Waals surface area contributed by atoms with E-state index in [1.807, 2.05) is 0 Å². The van der Waals surface area contributed by atoms with Gasteiger partial charge in [0.25, 0.3) is 0 Å². The minimum Gasteiger partial charge on any atom is -0.398 e. The van der Waals surface area contributed by atoms with Crippen LogP contribution in [0.25, 0.3) is 10.9 Å². The molecule has 2 nitrogen and oxygen atoms in total. The summed E-state index contributed by atoms with van der Waals surface area (Å²) in [6, 6.07) is 2.76. The van der Waals surface area contributed by atoms with Crippen molar-refractivity contribution >= 4 is 32.5 Å². The number of nitrogen functional groups attached to an aromatic ring is 1. The van der Waals surface area contributed by atoms with Gasteiger partial charge in [-0.1, -0.05) is 0 Å². The molecule has 0 aliphatic carbocycles.